The fourth-order valence-corrected chi connectivity index (χ4v) is 2.54. The van der Waals surface area contributed by atoms with E-state index in [9.17, 15) is 4.79 Å². The molecular formula is C20H28N4O. The molecule has 0 aliphatic carbocycles. The Balaban J connectivity index is 1.72. The first kappa shape index (κ1) is 18.8. The smallest absolute Gasteiger partial charge is 0.319 e. The second-order valence-corrected chi connectivity index (χ2v) is 5.83. The van der Waals surface area contributed by atoms with E-state index in [0.29, 0.717) is 6.54 Å². The number of hydrogen-bond acceptors (Lipinski definition) is 3. The molecule has 0 saturated heterocycles. The van der Waals surface area contributed by atoms with Crippen molar-refractivity contribution in [2.75, 3.05) is 36.8 Å². The van der Waals surface area contributed by atoms with Gasteiger partial charge in [0.05, 0.1) is 0 Å². The van der Waals surface area contributed by atoms with Gasteiger partial charge in [-0.2, -0.15) is 0 Å². The highest BCUT2D eigenvalue weighted by Crippen LogP contribution is 2.18. The number of benzene rings is 2. The maximum absolute atomic E-state index is 11.9. The van der Waals surface area contributed by atoms with E-state index in [1.165, 1.54) is 0 Å². The number of para-hydroxylation sites is 1. The molecule has 25 heavy (non-hydrogen) atoms. The van der Waals surface area contributed by atoms with Crippen molar-refractivity contribution >= 4 is 23.1 Å². The maximum Gasteiger partial charge on any atom is 0.319 e. The van der Waals surface area contributed by atoms with Gasteiger partial charge in [0.1, 0.15) is 0 Å². The summed E-state index contributed by atoms with van der Waals surface area (Å²) in [5.74, 6) is 0. The lowest BCUT2D eigenvalue weighted by molar-refractivity contribution is 0.250. The van der Waals surface area contributed by atoms with Crippen LogP contribution in [0.3, 0.4) is 0 Å². The van der Waals surface area contributed by atoms with Gasteiger partial charge in [-0.1, -0.05) is 32.0 Å². The Morgan fingerprint density at radius 3 is 2.12 bits per heavy atom. The summed E-state index contributed by atoms with van der Waals surface area (Å²) < 4.78 is 0. The van der Waals surface area contributed by atoms with Crippen molar-refractivity contribution in [1.29, 1.82) is 0 Å². The largest absolute Gasteiger partial charge is 0.356 e. The number of nitrogens with one attached hydrogen (secondary N) is 3. The van der Waals surface area contributed by atoms with Gasteiger partial charge in [0.25, 0.3) is 0 Å². The number of rotatable bonds is 9. The molecule has 0 aliphatic rings. The third-order valence-corrected chi connectivity index (χ3v) is 4.04. The number of carbonyl (C=O) groups excluding carboxylic acids is 1. The van der Waals surface area contributed by atoms with Crippen LogP contribution in [0.4, 0.5) is 21.9 Å². The molecule has 2 aromatic rings. The third-order valence-electron chi connectivity index (χ3n) is 4.04. The van der Waals surface area contributed by atoms with Gasteiger partial charge in [-0.3, -0.25) is 0 Å². The number of amides is 2. The summed E-state index contributed by atoms with van der Waals surface area (Å²) in [6, 6.07) is 17.5. The highest BCUT2D eigenvalue weighted by atomic mass is 16.2. The zero-order chi connectivity index (χ0) is 17.9. The molecule has 2 amide bonds. The Labute approximate surface area is 150 Å². The van der Waals surface area contributed by atoms with Gasteiger partial charge in [0.15, 0.2) is 0 Å². The number of hydrogen-bond donors (Lipinski definition) is 3. The fraction of sp³-hybridized carbons (Fsp3) is 0.350. The van der Waals surface area contributed by atoms with Crippen LogP contribution in [-0.2, 0) is 0 Å². The van der Waals surface area contributed by atoms with Gasteiger partial charge in [-0.15, -0.1) is 0 Å². The van der Waals surface area contributed by atoms with E-state index in [4.69, 9.17) is 0 Å². The maximum atomic E-state index is 11.9. The first-order chi connectivity index (χ1) is 12.2. The normalized spacial score (nSPS) is 10.5. The minimum Gasteiger partial charge on any atom is -0.356 e. The molecule has 5 heteroatoms. The predicted octanol–water partition coefficient (Wildman–Crippen LogP) is 4.28. The highest BCUT2D eigenvalue weighted by Gasteiger charge is 2.03. The van der Waals surface area contributed by atoms with Crippen LogP contribution >= 0.6 is 0 Å². The Kier molecular flexibility index (Phi) is 7.79. The third kappa shape index (κ3) is 6.85. The van der Waals surface area contributed by atoms with Crippen LogP contribution in [0.15, 0.2) is 54.6 Å². The molecule has 0 bridgehead atoms. The molecule has 0 spiro atoms. The molecule has 0 fully saturated rings. The van der Waals surface area contributed by atoms with E-state index in [0.717, 1.165) is 43.1 Å². The molecule has 0 heterocycles. The lowest BCUT2D eigenvalue weighted by Crippen LogP contribution is -2.32. The first-order valence-electron chi connectivity index (χ1n) is 8.90. The molecule has 134 valence electrons. The van der Waals surface area contributed by atoms with Gasteiger partial charge in [0, 0.05) is 23.6 Å². The molecule has 2 aromatic carbocycles. The number of anilines is 3. The van der Waals surface area contributed by atoms with Crippen molar-refractivity contribution in [3.63, 3.8) is 0 Å². The molecule has 5 nitrogen and oxygen atoms in total. The minimum absolute atomic E-state index is 0.164. The summed E-state index contributed by atoms with van der Waals surface area (Å²) in [5.41, 5.74) is 2.80. The zero-order valence-corrected chi connectivity index (χ0v) is 15.1. The SMILES string of the molecule is CCN(CC)CCCNC(=O)Nc1ccc(Nc2ccccc2)cc1. The molecule has 0 saturated carbocycles. The summed E-state index contributed by atoms with van der Waals surface area (Å²) in [6.07, 6.45) is 0.953. The molecule has 0 atom stereocenters. The van der Waals surface area contributed by atoms with Gasteiger partial charge < -0.3 is 20.9 Å². The van der Waals surface area contributed by atoms with Crippen LogP contribution in [-0.4, -0.2) is 37.1 Å². The Morgan fingerprint density at radius 2 is 1.48 bits per heavy atom. The molecule has 3 N–H and O–H groups in total. The average Bonchev–Trinajstić information content (AvgIpc) is 2.64. The first-order valence-corrected chi connectivity index (χ1v) is 8.90. The van der Waals surface area contributed by atoms with Gasteiger partial charge >= 0.3 is 6.03 Å². The Hall–Kier alpha value is -2.53. The van der Waals surface area contributed by atoms with E-state index in [2.05, 4.69) is 34.7 Å². The van der Waals surface area contributed by atoms with E-state index < -0.39 is 0 Å². The Bertz CT molecular complexity index is 624. The van der Waals surface area contributed by atoms with Crippen LogP contribution in [0.25, 0.3) is 0 Å². The quantitative estimate of drug-likeness (QED) is 0.597. The van der Waals surface area contributed by atoms with Crippen LogP contribution in [0.5, 0.6) is 0 Å². The summed E-state index contributed by atoms with van der Waals surface area (Å²) in [6.45, 7) is 8.08. The molecule has 0 aromatic heterocycles. The molecular weight excluding hydrogens is 312 g/mol. The van der Waals surface area contributed by atoms with Gasteiger partial charge in [0.2, 0.25) is 0 Å². The van der Waals surface area contributed by atoms with Crippen LogP contribution < -0.4 is 16.0 Å². The molecule has 0 aliphatic heterocycles. The van der Waals surface area contributed by atoms with Crippen molar-refractivity contribution in [1.82, 2.24) is 10.2 Å². The predicted molar refractivity (Wildman–Crippen MR) is 106 cm³/mol. The molecule has 0 radical (unpaired) electrons. The second-order valence-electron chi connectivity index (χ2n) is 5.83. The zero-order valence-electron chi connectivity index (χ0n) is 15.1. The van der Waals surface area contributed by atoms with Crippen molar-refractivity contribution < 1.29 is 4.79 Å². The van der Waals surface area contributed by atoms with E-state index in [1.807, 2.05) is 54.6 Å². The van der Waals surface area contributed by atoms with Crippen LogP contribution in [0.2, 0.25) is 0 Å². The average molecular weight is 340 g/mol. The fourth-order valence-electron chi connectivity index (χ4n) is 2.54. The van der Waals surface area contributed by atoms with Crippen LogP contribution in [0.1, 0.15) is 20.3 Å². The van der Waals surface area contributed by atoms with Crippen molar-refractivity contribution in [2.24, 2.45) is 0 Å². The van der Waals surface area contributed by atoms with Crippen molar-refractivity contribution in [3.8, 4) is 0 Å². The lowest BCUT2D eigenvalue weighted by Gasteiger charge is -2.17. The van der Waals surface area contributed by atoms with E-state index in [1.54, 1.807) is 0 Å². The number of urea groups is 1. The van der Waals surface area contributed by atoms with Gasteiger partial charge in [-0.05, 0) is 62.5 Å². The van der Waals surface area contributed by atoms with Crippen molar-refractivity contribution in [3.05, 3.63) is 54.6 Å². The standard InChI is InChI=1S/C20H28N4O/c1-3-24(4-2)16-8-15-21-20(25)23-19-13-11-18(12-14-19)22-17-9-6-5-7-10-17/h5-7,9-14,22H,3-4,8,15-16H2,1-2H3,(H2,21,23,25). The summed E-state index contributed by atoms with van der Waals surface area (Å²) in [5, 5.41) is 9.07. The minimum atomic E-state index is -0.164. The monoisotopic (exact) mass is 340 g/mol. The summed E-state index contributed by atoms with van der Waals surface area (Å²) in [4.78, 5) is 14.3. The highest BCUT2D eigenvalue weighted by molar-refractivity contribution is 5.89. The number of nitrogens with zero attached hydrogens (tertiary/aromatic N) is 1. The van der Waals surface area contributed by atoms with Crippen LogP contribution in [0, 0.1) is 0 Å². The summed E-state index contributed by atoms with van der Waals surface area (Å²) in [7, 11) is 0. The second kappa shape index (κ2) is 10.4. The van der Waals surface area contributed by atoms with Crippen molar-refractivity contribution in [2.45, 2.75) is 20.3 Å². The topological polar surface area (TPSA) is 56.4 Å². The van der Waals surface area contributed by atoms with E-state index >= 15 is 0 Å². The van der Waals surface area contributed by atoms with Gasteiger partial charge in [-0.25, -0.2) is 4.79 Å². The molecule has 0 unspecified atom stereocenters. The Morgan fingerprint density at radius 1 is 0.880 bits per heavy atom. The lowest BCUT2D eigenvalue weighted by atomic mass is 10.2. The number of carbonyl (C=O) groups is 1. The summed E-state index contributed by atoms with van der Waals surface area (Å²) >= 11 is 0. The van der Waals surface area contributed by atoms with E-state index in [-0.39, 0.29) is 6.03 Å². The molecule has 2 rings (SSSR count).